The second-order valence-corrected chi connectivity index (χ2v) is 10.1. The number of anilines is 1. The van der Waals surface area contributed by atoms with Gasteiger partial charge in [0.2, 0.25) is 5.91 Å². The van der Waals surface area contributed by atoms with Crippen LogP contribution in [0.15, 0.2) is 36.4 Å². The van der Waals surface area contributed by atoms with Crippen LogP contribution < -0.4 is 4.90 Å². The number of H-pyrrole nitrogens is 1. The molecule has 0 radical (unpaired) electrons. The van der Waals surface area contributed by atoms with Gasteiger partial charge in [0.1, 0.15) is 5.82 Å². The van der Waals surface area contributed by atoms with Crippen molar-refractivity contribution in [1.29, 1.82) is 0 Å². The molecular formula is C27H35ClN4O. The first kappa shape index (κ1) is 23.6. The van der Waals surface area contributed by atoms with E-state index in [-0.39, 0.29) is 5.92 Å². The van der Waals surface area contributed by atoms with E-state index >= 15 is 0 Å². The Morgan fingerprint density at radius 2 is 2.00 bits per heavy atom. The molecule has 6 heteroatoms. The van der Waals surface area contributed by atoms with Gasteiger partial charge in [-0.3, -0.25) is 4.79 Å². The van der Waals surface area contributed by atoms with E-state index in [2.05, 4.69) is 67.7 Å². The van der Waals surface area contributed by atoms with Gasteiger partial charge in [-0.2, -0.15) is 0 Å². The van der Waals surface area contributed by atoms with Crippen LogP contribution in [0.2, 0.25) is 5.02 Å². The Bertz CT molecular complexity index is 1140. The van der Waals surface area contributed by atoms with Crippen molar-refractivity contribution in [3.8, 4) is 11.4 Å². The third kappa shape index (κ3) is 5.19. The number of carbonyl (C=O) groups is 1. The summed E-state index contributed by atoms with van der Waals surface area (Å²) >= 11 is 6.56. The zero-order valence-corrected chi connectivity index (χ0v) is 21.1. The molecule has 0 spiro atoms. The van der Waals surface area contributed by atoms with E-state index < -0.39 is 0 Å². The third-order valence-corrected chi connectivity index (χ3v) is 7.18. The Morgan fingerprint density at radius 3 is 2.70 bits per heavy atom. The Labute approximate surface area is 202 Å². The number of aryl methyl sites for hydroxylation is 1. The van der Waals surface area contributed by atoms with E-state index in [0.717, 1.165) is 60.5 Å². The number of aromatic amines is 1. The number of carbonyl (C=O) groups excluding carboxylic acids is 1. The lowest BCUT2D eigenvalue weighted by molar-refractivity contribution is -0.135. The lowest BCUT2D eigenvalue weighted by Gasteiger charge is -2.29. The molecule has 1 aromatic heterocycles. The fraction of sp³-hybridized carbons (Fsp3) is 0.481. The van der Waals surface area contributed by atoms with Gasteiger partial charge in [0.25, 0.3) is 0 Å². The number of benzene rings is 2. The highest BCUT2D eigenvalue weighted by atomic mass is 35.5. The molecule has 1 N–H and O–H groups in total. The second-order valence-electron chi connectivity index (χ2n) is 9.69. The van der Waals surface area contributed by atoms with E-state index in [4.69, 9.17) is 16.6 Å². The molecule has 1 heterocycles. The number of hydrogen-bond donors (Lipinski definition) is 1. The number of imidazole rings is 1. The molecular weight excluding hydrogens is 432 g/mol. The highest BCUT2D eigenvalue weighted by Gasteiger charge is 2.41. The van der Waals surface area contributed by atoms with Crippen molar-refractivity contribution in [2.75, 3.05) is 25.0 Å². The Hall–Kier alpha value is -2.53. The standard InChI is InChI=1S/C27H35ClN4O/c1-6-7-18(3)27(33)32(25-15-19(25)4)13-12-31(5)20-9-10-22(28)21(16-20)26-29-23-11-8-17(2)14-24(23)30-26/h8-11,14,16,18-19,25H,6-7,12-13,15H2,1-5H3,(H,29,30). The van der Waals surface area contributed by atoms with Crippen LogP contribution in [0.25, 0.3) is 22.4 Å². The topological polar surface area (TPSA) is 52.2 Å². The predicted octanol–water partition coefficient (Wildman–Crippen LogP) is 6.30. The number of fused-ring (bicyclic) bond motifs is 1. The van der Waals surface area contributed by atoms with E-state index in [0.29, 0.717) is 22.9 Å². The van der Waals surface area contributed by atoms with E-state index in [1.807, 2.05) is 18.2 Å². The monoisotopic (exact) mass is 466 g/mol. The van der Waals surface area contributed by atoms with Gasteiger partial charge >= 0.3 is 0 Å². The van der Waals surface area contributed by atoms with E-state index in [1.54, 1.807) is 0 Å². The average molecular weight is 467 g/mol. The molecule has 0 saturated heterocycles. The number of amides is 1. The van der Waals surface area contributed by atoms with Crippen molar-refractivity contribution in [3.63, 3.8) is 0 Å². The van der Waals surface area contributed by atoms with Gasteiger partial charge in [0.15, 0.2) is 0 Å². The minimum atomic E-state index is 0.0898. The Kier molecular flexibility index (Phi) is 6.99. The molecule has 2 aromatic carbocycles. The van der Waals surface area contributed by atoms with Gasteiger partial charge in [0.05, 0.1) is 16.1 Å². The lowest BCUT2D eigenvalue weighted by Crippen LogP contribution is -2.42. The van der Waals surface area contributed by atoms with Crippen LogP contribution in [-0.2, 0) is 4.79 Å². The number of likely N-dealkylation sites (N-methyl/N-ethyl adjacent to an activating group) is 1. The molecule has 176 valence electrons. The SMILES string of the molecule is CCCC(C)C(=O)N(CCN(C)c1ccc(Cl)c(-c2nc3ccc(C)cc3[nH]2)c1)C1CC1C. The number of nitrogens with zero attached hydrogens (tertiary/aromatic N) is 3. The number of nitrogens with one attached hydrogen (secondary N) is 1. The van der Waals surface area contributed by atoms with Crippen LogP contribution in [0, 0.1) is 18.8 Å². The quantitative estimate of drug-likeness (QED) is 0.402. The van der Waals surface area contributed by atoms with Crippen LogP contribution in [0.1, 0.15) is 45.6 Å². The molecule has 3 aromatic rings. The highest BCUT2D eigenvalue weighted by molar-refractivity contribution is 6.33. The molecule has 1 saturated carbocycles. The minimum Gasteiger partial charge on any atom is -0.373 e. The smallest absolute Gasteiger partial charge is 0.225 e. The zero-order valence-electron chi connectivity index (χ0n) is 20.4. The van der Waals surface area contributed by atoms with Gasteiger partial charge in [-0.25, -0.2) is 4.98 Å². The maximum Gasteiger partial charge on any atom is 0.225 e. The van der Waals surface area contributed by atoms with Gasteiger partial charge in [-0.15, -0.1) is 0 Å². The van der Waals surface area contributed by atoms with Crippen molar-refractivity contribution in [2.45, 2.75) is 53.0 Å². The van der Waals surface area contributed by atoms with Crippen LogP contribution in [0.5, 0.6) is 0 Å². The van der Waals surface area contributed by atoms with Gasteiger partial charge in [-0.1, -0.05) is 44.9 Å². The number of rotatable bonds is 9. The van der Waals surface area contributed by atoms with Crippen molar-refractivity contribution in [2.24, 2.45) is 11.8 Å². The lowest BCUT2D eigenvalue weighted by atomic mass is 10.0. The molecule has 1 amide bonds. The van der Waals surface area contributed by atoms with Crippen LogP contribution in [-0.4, -0.2) is 47.0 Å². The molecule has 1 aliphatic carbocycles. The summed E-state index contributed by atoms with van der Waals surface area (Å²) < 4.78 is 0. The maximum absolute atomic E-state index is 13.1. The predicted molar refractivity (Wildman–Crippen MR) is 138 cm³/mol. The molecule has 0 aliphatic heterocycles. The minimum absolute atomic E-state index is 0.0898. The summed E-state index contributed by atoms with van der Waals surface area (Å²) in [5.41, 5.74) is 5.07. The molecule has 1 fully saturated rings. The highest BCUT2D eigenvalue weighted by Crippen LogP contribution is 2.36. The summed E-state index contributed by atoms with van der Waals surface area (Å²) in [5, 5.41) is 0.667. The summed E-state index contributed by atoms with van der Waals surface area (Å²) in [6.45, 7) is 10.0. The van der Waals surface area contributed by atoms with Crippen molar-refractivity contribution >= 4 is 34.2 Å². The fourth-order valence-corrected chi connectivity index (χ4v) is 4.79. The van der Waals surface area contributed by atoms with Gasteiger partial charge in [0, 0.05) is 43.3 Å². The number of halogens is 1. The number of aromatic nitrogens is 2. The van der Waals surface area contributed by atoms with E-state index in [9.17, 15) is 4.79 Å². The molecule has 3 atom stereocenters. The molecule has 0 bridgehead atoms. The van der Waals surface area contributed by atoms with Crippen LogP contribution in [0.4, 0.5) is 5.69 Å². The summed E-state index contributed by atoms with van der Waals surface area (Å²) in [4.78, 5) is 25.6. The first-order valence-corrected chi connectivity index (χ1v) is 12.4. The molecule has 3 unspecified atom stereocenters. The van der Waals surface area contributed by atoms with Crippen molar-refractivity contribution in [1.82, 2.24) is 14.9 Å². The molecule has 5 nitrogen and oxygen atoms in total. The molecule has 33 heavy (non-hydrogen) atoms. The second kappa shape index (κ2) is 9.76. The molecule has 1 aliphatic rings. The molecule has 4 rings (SSSR count). The van der Waals surface area contributed by atoms with Crippen molar-refractivity contribution in [3.05, 3.63) is 47.0 Å². The fourth-order valence-electron chi connectivity index (χ4n) is 4.59. The summed E-state index contributed by atoms with van der Waals surface area (Å²) in [6, 6.07) is 12.6. The Balaban J connectivity index is 1.51. The zero-order chi connectivity index (χ0) is 23.7. The van der Waals surface area contributed by atoms with Gasteiger partial charge in [-0.05, 0) is 61.6 Å². The third-order valence-electron chi connectivity index (χ3n) is 6.85. The first-order valence-electron chi connectivity index (χ1n) is 12.1. The van der Waals surface area contributed by atoms with Gasteiger partial charge < -0.3 is 14.8 Å². The maximum atomic E-state index is 13.1. The van der Waals surface area contributed by atoms with Crippen molar-refractivity contribution < 1.29 is 4.79 Å². The summed E-state index contributed by atoms with van der Waals surface area (Å²) in [7, 11) is 2.07. The number of hydrogen-bond acceptors (Lipinski definition) is 3. The normalized spacial score (nSPS) is 18.4. The average Bonchev–Trinajstić information content (AvgIpc) is 3.35. The van der Waals surface area contributed by atoms with E-state index in [1.165, 1.54) is 5.56 Å². The summed E-state index contributed by atoms with van der Waals surface area (Å²) in [6.07, 6.45) is 3.10. The Morgan fingerprint density at radius 1 is 1.24 bits per heavy atom. The first-order chi connectivity index (χ1) is 15.8. The van der Waals surface area contributed by atoms with Crippen LogP contribution >= 0.6 is 11.6 Å². The van der Waals surface area contributed by atoms with Crippen LogP contribution in [0.3, 0.4) is 0 Å². The largest absolute Gasteiger partial charge is 0.373 e. The summed E-state index contributed by atoms with van der Waals surface area (Å²) in [5.74, 6) is 1.76.